The molecule has 0 bridgehead atoms. The third-order valence-corrected chi connectivity index (χ3v) is 7.40. The Hall–Kier alpha value is -5.67. The van der Waals surface area contributed by atoms with Crippen LogP contribution in [0.25, 0.3) is 12.2 Å². The van der Waals surface area contributed by atoms with E-state index >= 15 is 0 Å². The van der Waals surface area contributed by atoms with Crippen LogP contribution in [0.5, 0.6) is 0 Å². The molecular formula is C41H35N3. The van der Waals surface area contributed by atoms with Crippen molar-refractivity contribution in [2.45, 2.75) is 13.8 Å². The van der Waals surface area contributed by atoms with E-state index in [0.717, 1.165) is 45.1 Å². The zero-order chi connectivity index (χ0) is 30.1. The van der Waals surface area contributed by atoms with Crippen LogP contribution in [0.3, 0.4) is 0 Å². The molecule has 6 aromatic carbocycles. The van der Waals surface area contributed by atoms with Gasteiger partial charge < -0.3 is 4.90 Å². The lowest BCUT2D eigenvalue weighted by atomic mass is 10.1. The summed E-state index contributed by atoms with van der Waals surface area (Å²) >= 11 is 0. The quantitative estimate of drug-likeness (QED) is 0.0980. The Morgan fingerprint density at radius 2 is 0.841 bits per heavy atom. The Bertz CT molecular complexity index is 1770. The first kappa shape index (κ1) is 28.4. The van der Waals surface area contributed by atoms with Crippen molar-refractivity contribution in [3.8, 4) is 0 Å². The smallest absolute Gasteiger partial charge is 0.0652 e. The fraction of sp³-hybridized carbons (Fsp3) is 0.0488. The fourth-order valence-electron chi connectivity index (χ4n) is 5.15. The van der Waals surface area contributed by atoms with Crippen LogP contribution < -0.4 is 9.91 Å². The fourth-order valence-corrected chi connectivity index (χ4v) is 5.15. The lowest BCUT2D eigenvalue weighted by molar-refractivity contribution is 1.09. The van der Waals surface area contributed by atoms with Crippen LogP contribution in [0.4, 0.5) is 28.4 Å². The van der Waals surface area contributed by atoms with E-state index in [1.54, 1.807) is 0 Å². The van der Waals surface area contributed by atoms with E-state index in [4.69, 9.17) is 5.10 Å². The molecule has 3 heteroatoms. The summed E-state index contributed by atoms with van der Waals surface area (Å²) < 4.78 is 0. The molecule has 3 nitrogen and oxygen atoms in total. The third kappa shape index (κ3) is 7.03. The van der Waals surface area contributed by atoms with E-state index < -0.39 is 0 Å². The molecule has 0 amide bonds. The van der Waals surface area contributed by atoms with Crippen LogP contribution in [-0.4, -0.2) is 6.21 Å². The van der Waals surface area contributed by atoms with Crippen LogP contribution in [0.1, 0.15) is 27.8 Å². The number of nitrogens with zero attached hydrogens (tertiary/aromatic N) is 3. The van der Waals surface area contributed by atoms with Crippen molar-refractivity contribution in [2.75, 3.05) is 9.91 Å². The maximum absolute atomic E-state index is 4.82. The maximum atomic E-state index is 4.82. The molecule has 6 aromatic rings. The number of hydrogen-bond donors (Lipinski definition) is 0. The molecule has 0 saturated carbocycles. The summed E-state index contributed by atoms with van der Waals surface area (Å²) in [5.74, 6) is 0. The highest BCUT2D eigenvalue weighted by Gasteiger charge is 2.12. The van der Waals surface area contributed by atoms with Gasteiger partial charge in [0.25, 0.3) is 0 Å². The lowest BCUT2D eigenvalue weighted by Gasteiger charge is -2.26. The molecule has 44 heavy (non-hydrogen) atoms. The number of hydrogen-bond acceptors (Lipinski definition) is 3. The van der Waals surface area contributed by atoms with E-state index in [1.807, 2.05) is 47.6 Å². The van der Waals surface area contributed by atoms with Gasteiger partial charge in [0.05, 0.1) is 17.6 Å². The van der Waals surface area contributed by atoms with E-state index in [9.17, 15) is 0 Å². The Morgan fingerprint density at radius 3 is 1.32 bits per heavy atom. The van der Waals surface area contributed by atoms with Gasteiger partial charge in [-0.25, -0.2) is 5.01 Å². The van der Waals surface area contributed by atoms with E-state index in [-0.39, 0.29) is 0 Å². The highest BCUT2D eigenvalue weighted by molar-refractivity contribution is 5.83. The molecule has 0 radical (unpaired) electrons. The van der Waals surface area contributed by atoms with Crippen LogP contribution in [0.2, 0.25) is 0 Å². The Kier molecular flexibility index (Phi) is 8.75. The molecule has 0 spiro atoms. The zero-order valence-electron chi connectivity index (χ0n) is 25.1. The summed E-state index contributed by atoms with van der Waals surface area (Å²) in [7, 11) is 0. The van der Waals surface area contributed by atoms with Gasteiger partial charge in [-0.2, -0.15) is 5.10 Å². The number of benzene rings is 6. The predicted molar refractivity (Wildman–Crippen MR) is 189 cm³/mol. The molecule has 0 heterocycles. The van der Waals surface area contributed by atoms with Crippen molar-refractivity contribution in [2.24, 2.45) is 5.10 Å². The van der Waals surface area contributed by atoms with E-state index in [0.29, 0.717) is 0 Å². The predicted octanol–water partition coefficient (Wildman–Crippen LogP) is 11.1. The van der Waals surface area contributed by atoms with Gasteiger partial charge in [0.2, 0.25) is 0 Å². The second kappa shape index (κ2) is 13.5. The monoisotopic (exact) mass is 569 g/mol. The molecule has 214 valence electrons. The lowest BCUT2D eigenvalue weighted by Crippen LogP contribution is -2.10. The van der Waals surface area contributed by atoms with Crippen molar-refractivity contribution < 1.29 is 0 Å². The molecule has 0 unspecified atom stereocenters. The molecule has 0 saturated heterocycles. The highest BCUT2D eigenvalue weighted by atomic mass is 15.5. The largest absolute Gasteiger partial charge is 0.310 e. The van der Waals surface area contributed by atoms with Crippen LogP contribution in [0.15, 0.2) is 163 Å². The minimum absolute atomic E-state index is 1.02. The van der Waals surface area contributed by atoms with Crippen molar-refractivity contribution >= 4 is 46.8 Å². The zero-order valence-corrected chi connectivity index (χ0v) is 25.1. The maximum Gasteiger partial charge on any atom is 0.0652 e. The standard InChI is InChI=1S/C41H35N3/c1-32-11-9-17-40(29-32)43(41-18-10-12-33(2)30-41)37-27-25-35(26-28-37)20-19-34-21-23-36(24-22-34)31-42-44(38-13-5-3-6-14-38)39-15-7-4-8-16-39/h3-31H,1-2H3/b20-19+,42-31-. The highest BCUT2D eigenvalue weighted by Crippen LogP contribution is 2.35. The summed E-state index contributed by atoms with van der Waals surface area (Å²) in [6, 6.07) is 54.9. The van der Waals surface area contributed by atoms with Gasteiger partial charge in [-0.15, -0.1) is 0 Å². The minimum Gasteiger partial charge on any atom is -0.310 e. The molecule has 0 aliphatic heterocycles. The van der Waals surface area contributed by atoms with Gasteiger partial charge >= 0.3 is 0 Å². The molecule has 0 aromatic heterocycles. The molecule has 6 rings (SSSR count). The first-order chi connectivity index (χ1) is 21.6. The van der Waals surface area contributed by atoms with Gasteiger partial charge in [0.15, 0.2) is 0 Å². The number of rotatable bonds is 9. The average Bonchev–Trinajstić information content (AvgIpc) is 3.06. The first-order valence-electron chi connectivity index (χ1n) is 14.9. The normalized spacial score (nSPS) is 11.2. The molecule has 0 aliphatic carbocycles. The number of anilines is 5. The van der Waals surface area contributed by atoms with Gasteiger partial charge in [-0.05, 0) is 102 Å². The van der Waals surface area contributed by atoms with E-state index in [1.165, 1.54) is 11.1 Å². The van der Waals surface area contributed by atoms with Gasteiger partial charge in [-0.3, -0.25) is 0 Å². The minimum atomic E-state index is 1.02. The number of hydrazone groups is 1. The first-order valence-corrected chi connectivity index (χ1v) is 14.9. The second-order valence-corrected chi connectivity index (χ2v) is 10.8. The summed E-state index contributed by atoms with van der Waals surface area (Å²) in [5, 5.41) is 6.77. The average molecular weight is 570 g/mol. The van der Waals surface area contributed by atoms with Crippen molar-refractivity contribution in [3.05, 3.63) is 186 Å². The third-order valence-electron chi connectivity index (χ3n) is 7.40. The summed E-state index contributed by atoms with van der Waals surface area (Å²) in [5.41, 5.74) is 11.3. The molecule has 0 N–H and O–H groups in total. The topological polar surface area (TPSA) is 18.8 Å². The number of aryl methyl sites for hydroxylation is 2. The second-order valence-electron chi connectivity index (χ2n) is 10.8. The Morgan fingerprint density at radius 1 is 0.409 bits per heavy atom. The molecule has 0 atom stereocenters. The van der Waals surface area contributed by atoms with Gasteiger partial charge in [-0.1, -0.05) is 109 Å². The van der Waals surface area contributed by atoms with E-state index in [2.05, 4.69) is 152 Å². The summed E-state index contributed by atoms with van der Waals surface area (Å²) in [6.07, 6.45) is 6.21. The molecule has 0 fully saturated rings. The van der Waals surface area contributed by atoms with Crippen molar-refractivity contribution in [1.29, 1.82) is 0 Å². The van der Waals surface area contributed by atoms with Crippen LogP contribution in [0, 0.1) is 13.8 Å². The Labute approximate surface area is 260 Å². The summed E-state index contributed by atoms with van der Waals surface area (Å²) in [6.45, 7) is 4.27. The van der Waals surface area contributed by atoms with Gasteiger partial charge in [0, 0.05) is 17.1 Å². The van der Waals surface area contributed by atoms with Crippen molar-refractivity contribution in [3.63, 3.8) is 0 Å². The van der Waals surface area contributed by atoms with Crippen LogP contribution in [-0.2, 0) is 0 Å². The number of para-hydroxylation sites is 2. The Balaban J connectivity index is 1.18. The van der Waals surface area contributed by atoms with Crippen LogP contribution >= 0.6 is 0 Å². The summed E-state index contributed by atoms with van der Waals surface area (Å²) in [4.78, 5) is 2.31. The van der Waals surface area contributed by atoms with Crippen molar-refractivity contribution in [1.82, 2.24) is 0 Å². The molecular weight excluding hydrogens is 534 g/mol. The van der Waals surface area contributed by atoms with Gasteiger partial charge in [0.1, 0.15) is 0 Å². The SMILES string of the molecule is Cc1cccc(N(c2ccc(/C=C/c3ccc(/C=N\N(c4ccccc4)c4ccccc4)cc3)cc2)c2cccc(C)c2)c1. The molecule has 0 aliphatic rings.